The molecule has 2 rings (SSSR count). The maximum atomic E-state index is 12.2. The molecule has 0 aliphatic carbocycles. The molecule has 2 heterocycles. The predicted molar refractivity (Wildman–Crippen MR) is 67.8 cm³/mol. The third-order valence-electron chi connectivity index (χ3n) is 4.25. The number of hydrogen-bond acceptors (Lipinski definition) is 2. The fourth-order valence-electron chi connectivity index (χ4n) is 2.95. The van der Waals surface area contributed by atoms with Gasteiger partial charge in [-0.05, 0) is 37.5 Å². The van der Waals surface area contributed by atoms with Gasteiger partial charge >= 0.3 is 0 Å². The van der Waals surface area contributed by atoms with Crippen molar-refractivity contribution in [1.82, 2.24) is 4.90 Å². The molecule has 0 spiro atoms. The molecule has 0 aromatic rings. The first-order valence-corrected chi connectivity index (χ1v) is 7.15. The molecule has 0 unspecified atom stereocenters. The highest BCUT2D eigenvalue weighted by atomic mass is 16.5. The second kappa shape index (κ2) is 6.39. The Morgan fingerprint density at radius 3 is 2.71 bits per heavy atom. The van der Waals surface area contributed by atoms with E-state index >= 15 is 0 Å². The summed E-state index contributed by atoms with van der Waals surface area (Å²) in [5, 5.41) is 0. The number of rotatable bonds is 3. The lowest BCUT2D eigenvalue weighted by Crippen LogP contribution is -2.40. The number of amides is 1. The number of carbonyl (C=O) groups excluding carboxylic acids is 1. The van der Waals surface area contributed by atoms with Crippen molar-refractivity contribution in [3.05, 3.63) is 0 Å². The maximum Gasteiger partial charge on any atom is 0.222 e. The first-order valence-electron chi connectivity index (χ1n) is 7.15. The SMILES string of the molecule is CC[C@H]1CCCN(C(=O)CC2CCOCC2)C1. The van der Waals surface area contributed by atoms with Gasteiger partial charge in [0.15, 0.2) is 0 Å². The van der Waals surface area contributed by atoms with Crippen LogP contribution in [0.25, 0.3) is 0 Å². The van der Waals surface area contributed by atoms with Crippen molar-refractivity contribution in [3.8, 4) is 0 Å². The van der Waals surface area contributed by atoms with E-state index < -0.39 is 0 Å². The zero-order valence-corrected chi connectivity index (χ0v) is 11.0. The Kier molecular flexibility index (Phi) is 4.84. The van der Waals surface area contributed by atoms with Crippen molar-refractivity contribution >= 4 is 5.91 Å². The van der Waals surface area contributed by atoms with E-state index in [0.29, 0.717) is 11.8 Å². The Hall–Kier alpha value is -0.570. The van der Waals surface area contributed by atoms with Crippen LogP contribution in [0.3, 0.4) is 0 Å². The fraction of sp³-hybridized carbons (Fsp3) is 0.929. The van der Waals surface area contributed by atoms with Crippen LogP contribution in [-0.4, -0.2) is 37.1 Å². The molecule has 17 heavy (non-hydrogen) atoms. The summed E-state index contributed by atoms with van der Waals surface area (Å²) in [7, 11) is 0. The van der Waals surface area contributed by atoms with E-state index in [2.05, 4.69) is 11.8 Å². The van der Waals surface area contributed by atoms with Crippen molar-refractivity contribution in [2.75, 3.05) is 26.3 Å². The number of likely N-dealkylation sites (tertiary alicyclic amines) is 1. The zero-order valence-electron chi connectivity index (χ0n) is 11.0. The molecule has 0 aromatic carbocycles. The highest BCUT2D eigenvalue weighted by molar-refractivity contribution is 5.76. The van der Waals surface area contributed by atoms with Crippen molar-refractivity contribution in [2.45, 2.75) is 45.4 Å². The van der Waals surface area contributed by atoms with Gasteiger partial charge in [-0.2, -0.15) is 0 Å². The molecule has 2 aliphatic heterocycles. The molecule has 1 atom stereocenters. The van der Waals surface area contributed by atoms with E-state index in [1.807, 2.05) is 0 Å². The van der Waals surface area contributed by atoms with Crippen LogP contribution in [0.15, 0.2) is 0 Å². The van der Waals surface area contributed by atoms with Crippen LogP contribution in [0.1, 0.15) is 45.4 Å². The average Bonchev–Trinajstić information content (AvgIpc) is 2.40. The van der Waals surface area contributed by atoms with Crippen LogP contribution in [0.2, 0.25) is 0 Å². The van der Waals surface area contributed by atoms with Gasteiger partial charge in [-0.15, -0.1) is 0 Å². The topological polar surface area (TPSA) is 29.5 Å². The lowest BCUT2D eigenvalue weighted by molar-refractivity contribution is -0.134. The maximum absolute atomic E-state index is 12.2. The minimum atomic E-state index is 0.384. The van der Waals surface area contributed by atoms with Crippen LogP contribution in [0.5, 0.6) is 0 Å². The van der Waals surface area contributed by atoms with Crippen molar-refractivity contribution in [3.63, 3.8) is 0 Å². The van der Waals surface area contributed by atoms with Gasteiger partial charge in [0.05, 0.1) is 0 Å². The van der Waals surface area contributed by atoms with E-state index in [9.17, 15) is 4.79 Å². The Balaban J connectivity index is 1.78. The largest absolute Gasteiger partial charge is 0.381 e. The van der Waals surface area contributed by atoms with Crippen LogP contribution in [-0.2, 0) is 9.53 Å². The third kappa shape index (κ3) is 3.70. The van der Waals surface area contributed by atoms with Gasteiger partial charge in [-0.1, -0.05) is 13.3 Å². The summed E-state index contributed by atoms with van der Waals surface area (Å²) >= 11 is 0. The minimum Gasteiger partial charge on any atom is -0.381 e. The lowest BCUT2D eigenvalue weighted by Gasteiger charge is -2.33. The Bertz CT molecular complexity index is 249. The van der Waals surface area contributed by atoms with Crippen LogP contribution in [0.4, 0.5) is 0 Å². The van der Waals surface area contributed by atoms with Gasteiger partial charge in [-0.25, -0.2) is 0 Å². The van der Waals surface area contributed by atoms with Gasteiger partial charge in [-0.3, -0.25) is 4.79 Å². The molecule has 0 bridgehead atoms. The summed E-state index contributed by atoms with van der Waals surface area (Å²) in [6, 6.07) is 0. The molecule has 3 nitrogen and oxygen atoms in total. The van der Waals surface area contributed by atoms with E-state index in [0.717, 1.165) is 51.5 Å². The summed E-state index contributed by atoms with van der Waals surface area (Å²) in [6.45, 7) is 5.90. The molecule has 3 heteroatoms. The van der Waals surface area contributed by atoms with E-state index in [1.165, 1.54) is 19.3 Å². The molecule has 2 aliphatic rings. The standard InChI is InChI=1S/C14H25NO2/c1-2-12-4-3-7-15(11-12)14(16)10-13-5-8-17-9-6-13/h12-13H,2-11H2,1H3/t12-/m0/s1. The number of piperidine rings is 1. The number of nitrogens with zero attached hydrogens (tertiary/aromatic N) is 1. The van der Waals surface area contributed by atoms with Crippen molar-refractivity contribution in [1.29, 1.82) is 0 Å². The summed E-state index contributed by atoms with van der Waals surface area (Å²) in [5.41, 5.74) is 0. The van der Waals surface area contributed by atoms with Gasteiger partial charge in [0.2, 0.25) is 5.91 Å². The summed E-state index contributed by atoms with van der Waals surface area (Å²) in [5.74, 6) is 1.69. The van der Waals surface area contributed by atoms with Crippen LogP contribution in [0, 0.1) is 11.8 Å². The molecule has 0 saturated carbocycles. The molecular formula is C14H25NO2. The third-order valence-corrected chi connectivity index (χ3v) is 4.25. The lowest BCUT2D eigenvalue weighted by atomic mass is 9.93. The minimum absolute atomic E-state index is 0.384. The highest BCUT2D eigenvalue weighted by Crippen LogP contribution is 2.23. The van der Waals surface area contributed by atoms with Crippen molar-refractivity contribution < 1.29 is 9.53 Å². The van der Waals surface area contributed by atoms with E-state index in [4.69, 9.17) is 4.74 Å². The molecule has 2 saturated heterocycles. The Morgan fingerprint density at radius 1 is 1.24 bits per heavy atom. The fourth-order valence-corrected chi connectivity index (χ4v) is 2.95. The van der Waals surface area contributed by atoms with Gasteiger partial charge < -0.3 is 9.64 Å². The summed E-state index contributed by atoms with van der Waals surface area (Å²) < 4.78 is 5.34. The molecule has 0 radical (unpaired) electrons. The quantitative estimate of drug-likeness (QED) is 0.757. The average molecular weight is 239 g/mol. The molecule has 0 N–H and O–H groups in total. The number of ether oxygens (including phenoxy) is 1. The summed E-state index contributed by atoms with van der Waals surface area (Å²) in [6.07, 6.45) is 6.59. The molecule has 0 aromatic heterocycles. The smallest absolute Gasteiger partial charge is 0.222 e. The van der Waals surface area contributed by atoms with Gasteiger partial charge in [0.25, 0.3) is 0 Å². The Morgan fingerprint density at radius 2 is 2.00 bits per heavy atom. The van der Waals surface area contributed by atoms with Gasteiger partial charge in [0, 0.05) is 32.7 Å². The van der Waals surface area contributed by atoms with E-state index in [1.54, 1.807) is 0 Å². The second-order valence-corrected chi connectivity index (χ2v) is 5.52. The van der Waals surface area contributed by atoms with Crippen LogP contribution >= 0.6 is 0 Å². The zero-order chi connectivity index (χ0) is 12.1. The second-order valence-electron chi connectivity index (χ2n) is 5.52. The molecular weight excluding hydrogens is 214 g/mol. The van der Waals surface area contributed by atoms with Crippen molar-refractivity contribution in [2.24, 2.45) is 11.8 Å². The summed E-state index contributed by atoms with van der Waals surface area (Å²) in [4.78, 5) is 14.3. The van der Waals surface area contributed by atoms with Gasteiger partial charge in [0.1, 0.15) is 0 Å². The molecule has 2 fully saturated rings. The number of carbonyl (C=O) groups is 1. The predicted octanol–water partition coefficient (Wildman–Crippen LogP) is 2.45. The first kappa shape index (κ1) is 12.9. The highest BCUT2D eigenvalue weighted by Gasteiger charge is 2.25. The monoisotopic (exact) mass is 239 g/mol. The molecule has 1 amide bonds. The van der Waals surface area contributed by atoms with E-state index in [-0.39, 0.29) is 0 Å². The first-order chi connectivity index (χ1) is 8.29. The van der Waals surface area contributed by atoms with Crippen LogP contribution < -0.4 is 0 Å². The Labute approximate surface area is 105 Å². The normalized spacial score (nSPS) is 27.1. The number of hydrogen-bond donors (Lipinski definition) is 0. The molecule has 98 valence electrons.